The lowest BCUT2D eigenvalue weighted by atomic mass is 10.2. The fraction of sp³-hybridized carbons (Fsp3) is 0.500. The fourth-order valence-electron chi connectivity index (χ4n) is 2.05. The smallest absolute Gasteiger partial charge is 0.273 e. The molecule has 0 amide bonds. The van der Waals surface area contributed by atoms with Gasteiger partial charge in [0.05, 0.1) is 4.92 Å². The van der Waals surface area contributed by atoms with Gasteiger partial charge in [-0.25, -0.2) is 0 Å². The maximum atomic E-state index is 10.7. The van der Waals surface area contributed by atoms with Gasteiger partial charge in [-0.15, -0.1) is 0 Å². The summed E-state index contributed by atoms with van der Waals surface area (Å²) in [6, 6.07) is 4.74. The van der Waals surface area contributed by atoms with Crippen molar-refractivity contribution in [3.63, 3.8) is 0 Å². The number of nitrogens with zero attached hydrogens (tertiary/aromatic N) is 2. The van der Waals surface area contributed by atoms with E-state index >= 15 is 0 Å². The zero-order chi connectivity index (χ0) is 12.6. The number of non-ortho nitro benzene ring substituents is 1. The van der Waals surface area contributed by atoms with E-state index in [0.717, 1.165) is 18.2 Å². The van der Waals surface area contributed by atoms with Crippen molar-refractivity contribution >= 4 is 17.1 Å². The first-order valence-corrected chi connectivity index (χ1v) is 5.73. The zero-order valence-electron chi connectivity index (χ0n) is 10.1. The summed E-state index contributed by atoms with van der Waals surface area (Å²) in [6.45, 7) is 3.15. The molecular formula is C12H17N3O2. The van der Waals surface area contributed by atoms with E-state index in [4.69, 9.17) is 5.73 Å². The molecule has 17 heavy (non-hydrogen) atoms. The van der Waals surface area contributed by atoms with Gasteiger partial charge in [0.25, 0.3) is 5.69 Å². The zero-order valence-corrected chi connectivity index (χ0v) is 10.1. The molecule has 2 rings (SSSR count). The Kier molecular flexibility index (Phi) is 2.92. The molecule has 5 nitrogen and oxygen atoms in total. The van der Waals surface area contributed by atoms with Crippen molar-refractivity contribution in [3.8, 4) is 0 Å². The van der Waals surface area contributed by atoms with Crippen LogP contribution in [0.5, 0.6) is 0 Å². The van der Waals surface area contributed by atoms with Crippen molar-refractivity contribution in [3.05, 3.63) is 28.3 Å². The topological polar surface area (TPSA) is 72.4 Å². The van der Waals surface area contributed by atoms with Gasteiger partial charge in [-0.05, 0) is 24.3 Å². The molecule has 0 heterocycles. The maximum absolute atomic E-state index is 10.7. The molecule has 1 saturated carbocycles. The van der Waals surface area contributed by atoms with Crippen LogP contribution in [0.25, 0.3) is 0 Å². The Labute approximate surface area is 100 Å². The molecule has 1 aromatic carbocycles. The average Bonchev–Trinajstić information content (AvgIpc) is 2.93. The molecule has 2 atom stereocenters. The van der Waals surface area contributed by atoms with Crippen LogP contribution in [0.15, 0.2) is 18.2 Å². The summed E-state index contributed by atoms with van der Waals surface area (Å²) in [7, 11) is 1.95. The highest BCUT2D eigenvalue weighted by Crippen LogP contribution is 2.39. The third-order valence-electron chi connectivity index (χ3n) is 3.36. The fourth-order valence-corrected chi connectivity index (χ4v) is 2.05. The Balaban J connectivity index is 2.16. The largest absolute Gasteiger partial charge is 0.398 e. The highest BCUT2D eigenvalue weighted by atomic mass is 16.6. The third kappa shape index (κ3) is 2.67. The Hall–Kier alpha value is -1.78. The van der Waals surface area contributed by atoms with Crippen LogP contribution in [0, 0.1) is 22.0 Å². The van der Waals surface area contributed by atoms with Crippen LogP contribution in [-0.2, 0) is 0 Å². The standard InChI is InChI=1S/C12H17N3O2/c1-8-3-9(8)7-14(2)11-4-10(13)5-12(6-11)15(16)17/h4-6,8-9H,3,7,13H2,1-2H3. The van der Waals surface area contributed by atoms with Crippen LogP contribution in [0.3, 0.4) is 0 Å². The summed E-state index contributed by atoms with van der Waals surface area (Å²) in [6.07, 6.45) is 1.24. The Morgan fingerprint density at radius 1 is 1.53 bits per heavy atom. The van der Waals surface area contributed by atoms with E-state index in [0.29, 0.717) is 11.6 Å². The maximum Gasteiger partial charge on any atom is 0.273 e. The Morgan fingerprint density at radius 3 is 2.71 bits per heavy atom. The molecule has 0 bridgehead atoms. The lowest BCUT2D eigenvalue weighted by Crippen LogP contribution is -2.20. The Bertz CT molecular complexity index is 447. The van der Waals surface area contributed by atoms with E-state index < -0.39 is 4.92 Å². The van der Waals surface area contributed by atoms with Crippen LogP contribution in [0.1, 0.15) is 13.3 Å². The summed E-state index contributed by atoms with van der Waals surface area (Å²) in [4.78, 5) is 12.4. The predicted octanol–water partition coefficient (Wildman–Crippen LogP) is 2.27. The molecule has 0 radical (unpaired) electrons. The number of benzene rings is 1. The van der Waals surface area contributed by atoms with Crippen molar-refractivity contribution < 1.29 is 4.92 Å². The molecule has 0 aliphatic heterocycles. The van der Waals surface area contributed by atoms with Gasteiger partial charge in [0.15, 0.2) is 0 Å². The number of nitrogen functional groups attached to an aromatic ring is 1. The van der Waals surface area contributed by atoms with Crippen molar-refractivity contribution in [1.29, 1.82) is 0 Å². The molecule has 0 aromatic heterocycles. The molecule has 2 unspecified atom stereocenters. The lowest BCUT2D eigenvalue weighted by molar-refractivity contribution is -0.384. The minimum Gasteiger partial charge on any atom is -0.398 e. The molecule has 0 spiro atoms. The van der Waals surface area contributed by atoms with Crippen LogP contribution in [0.2, 0.25) is 0 Å². The molecule has 1 fully saturated rings. The molecule has 5 heteroatoms. The van der Waals surface area contributed by atoms with Gasteiger partial charge in [-0.1, -0.05) is 6.92 Å². The minimum atomic E-state index is -0.409. The number of rotatable bonds is 4. The lowest BCUT2D eigenvalue weighted by Gasteiger charge is -2.19. The van der Waals surface area contributed by atoms with Crippen molar-refractivity contribution in [2.24, 2.45) is 11.8 Å². The molecule has 92 valence electrons. The van der Waals surface area contributed by atoms with Gasteiger partial charge < -0.3 is 10.6 Å². The van der Waals surface area contributed by atoms with E-state index in [9.17, 15) is 10.1 Å². The van der Waals surface area contributed by atoms with E-state index in [1.807, 2.05) is 11.9 Å². The van der Waals surface area contributed by atoms with E-state index in [1.165, 1.54) is 12.5 Å². The Morgan fingerprint density at radius 2 is 2.18 bits per heavy atom. The predicted molar refractivity (Wildman–Crippen MR) is 68.0 cm³/mol. The molecule has 2 N–H and O–H groups in total. The summed E-state index contributed by atoms with van der Waals surface area (Å²) < 4.78 is 0. The number of nitro groups is 1. The van der Waals surface area contributed by atoms with Crippen molar-refractivity contribution in [2.45, 2.75) is 13.3 Å². The summed E-state index contributed by atoms with van der Waals surface area (Å²) in [5, 5.41) is 10.7. The first-order valence-electron chi connectivity index (χ1n) is 5.73. The van der Waals surface area contributed by atoms with Gasteiger partial charge in [-0.3, -0.25) is 10.1 Å². The highest BCUT2D eigenvalue weighted by Gasteiger charge is 2.33. The second-order valence-electron chi connectivity index (χ2n) is 4.89. The third-order valence-corrected chi connectivity index (χ3v) is 3.36. The number of hydrogen-bond donors (Lipinski definition) is 1. The van der Waals surface area contributed by atoms with Gasteiger partial charge >= 0.3 is 0 Å². The molecule has 1 aliphatic rings. The van der Waals surface area contributed by atoms with Gasteiger partial charge in [0.2, 0.25) is 0 Å². The van der Waals surface area contributed by atoms with Crippen LogP contribution < -0.4 is 10.6 Å². The van der Waals surface area contributed by atoms with Crippen LogP contribution in [0.4, 0.5) is 17.1 Å². The first kappa shape index (κ1) is 11.7. The molecule has 0 saturated heterocycles. The number of nitrogens with two attached hydrogens (primary N) is 1. The number of hydrogen-bond acceptors (Lipinski definition) is 4. The SMILES string of the molecule is CC1CC1CN(C)c1cc(N)cc([N+](=O)[O-])c1. The van der Waals surface area contributed by atoms with Crippen LogP contribution >= 0.6 is 0 Å². The van der Waals surface area contributed by atoms with Crippen molar-refractivity contribution in [1.82, 2.24) is 0 Å². The first-order chi connectivity index (χ1) is 7.97. The molecular weight excluding hydrogens is 218 g/mol. The van der Waals surface area contributed by atoms with Gasteiger partial charge in [0.1, 0.15) is 0 Å². The summed E-state index contributed by atoms with van der Waals surface area (Å²) >= 11 is 0. The molecule has 1 aliphatic carbocycles. The van der Waals surface area contributed by atoms with Gasteiger partial charge in [0, 0.05) is 37.1 Å². The van der Waals surface area contributed by atoms with Crippen molar-refractivity contribution in [2.75, 3.05) is 24.2 Å². The second-order valence-corrected chi connectivity index (χ2v) is 4.89. The van der Waals surface area contributed by atoms with E-state index in [-0.39, 0.29) is 5.69 Å². The average molecular weight is 235 g/mol. The van der Waals surface area contributed by atoms with Crippen LogP contribution in [-0.4, -0.2) is 18.5 Å². The summed E-state index contributed by atoms with van der Waals surface area (Å²) in [5.74, 6) is 1.48. The molecule has 1 aromatic rings. The van der Waals surface area contributed by atoms with Gasteiger partial charge in [-0.2, -0.15) is 0 Å². The monoisotopic (exact) mass is 235 g/mol. The quantitative estimate of drug-likeness (QED) is 0.493. The van der Waals surface area contributed by atoms with E-state index in [2.05, 4.69) is 6.92 Å². The highest BCUT2D eigenvalue weighted by molar-refractivity contribution is 5.62. The van der Waals surface area contributed by atoms with E-state index in [1.54, 1.807) is 12.1 Å². The number of anilines is 2. The number of nitro benzene ring substituents is 1. The summed E-state index contributed by atoms with van der Waals surface area (Å²) in [5.41, 5.74) is 6.98. The minimum absolute atomic E-state index is 0.0516. The normalized spacial score (nSPS) is 22.2. The second kappa shape index (κ2) is 4.24.